The molecule has 4 rings (SSSR count). The molecule has 4 unspecified atom stereocenters. The number of phenolic OH excluding ortho intramolecular Hbond substituents is 3. The third-order valence-electron chi connectivity index (χ3n) is 9.21. The standard InChI is InChI=1S/C21H30O2.C18H24O.CH4/c1-5-6-7-8-16-12-17(22)13-20(23)21(16)19-11-15(4)9-10-18(19)14(2)3;1-11(2)15-7-6-12(3)9-16(15)18-14(5)8-13(4)10-17(18)19;/h11-13,18-19,22-23H,2,5-10H2,1,3-4H3;8-10,15-16,19H,1,6-7H2,2-5H3;1H4. The van der Waals surface area contributed by atoms with Gasteiger partial charge in [-0.2, -0.15) is 0 Å². The van der Waals surface area contributed by atoms with Gasteiger partial charge in [0.05, 0.1) is 0 Å². The van der Waals surface area contributed by atoms with Crippen LogP contribution in [-0.2, 0) is 6.42 Å². The van der Waals surface area contributed by atoms with Crippen LogP contribution in [0.25, 0.3) is 0 Å². The third kappa shape index (κ3) is 9.15. The Morgan fingerprint density at radius 3 is 1.74 bits per heavy atom. The summed E-state index contributed by atoms with van der Waals surface area (Å²) in [5.41, 5.74) is 10.6. The van der Waals surface area contributed by atoms with Crippen molar-refractivity contribution in [3.63, 3.8) is 0 Å². The number of benzene rings is 2. The lowest BCUT2D eigenvalue weighted by Crippen LogP contribution is -2.18. The van der Waals surface area contributed by atoms with Crippen molar-refractivity contribution < 1.29 is 15.3 Å². The lowest BCUT2D eigenvalue weighted by molar-refractivity contribution is 0.423. The smallest absolute Gasteiger partial charge is 0.123 e. The van der Waals surface area contributed by atoms with Gasteiger partial charge in [0.15, 0.2) is 0 Å². The minimum atomic E-state index is 0. The number of hydrogen-bond acceptors (Lipinski definition) is 3. The molecule has 0 fully saturated rings. The monoisotopic (exact) mass is 586 g/mol. The lowest BCUT2D eigenvalue weighted by atomic mass is 9.72. The van der Waals surface area contributed by atoms with Crippen LogP contribution in [0.1, 0.15) is 127 Å². The number of aromatic hydroxyl groups is 3. The summed E-state index contributed by atoms with van der Waals surface area (Å²) in [7, 11) is 0. The summed E-state index contributed by atoms with van der Waals surface area (Å²) in [5.74, 6) is 2.04. The van der Waals surface area contributed by atoms with Crippen molar-refractivity contribution in [2.75, 3.05) is 0 Å². The molecule has 0 aliphatic heterocycles. The summed E-state index contributed by atoms with van der Waals surface area (Å²) < 4.78 is 0. The zero-order valence-electron chi connectivity index (χ0n) is 27.2. The summed E-state index contributed by atoms with van der Waals surface area (Å²) >= 11 is 0. The predicted molar refractivity (Wildman–Crippen MR) is 185 cm³/mol. The summed E-state index contributed by atoms with van der Waals surface area (Å²) in [6.45, 7) is 23.2. The zero-order valence-corrected chi connectivity index (χ0v) is 27.2. The maximum atomic E-state index is 10.5. The quantitative estimate of drug-likeness (QED) is 0.213. The summed E-state index contributed by atoms with van der Waals surface area (Å²) in [6.07, 6.45) is 13.4. The molecule has 2 aliphatic rings. The van der Waals surface area contributed by atoms with Crippen LogP contribution in [0.4, 0.5) is 0 Å². The molecule has 0 radical (unpaired) electrons. The Labute approximate surface area is 262 Å². The van der Waals surface area contributed by atoms with E-state index in [4.69, 9.17) is 0 Å². The van der Waals surface area contributed by atoms with Crippen molar-refractivity contribution in [2.45, 2.75) is 119 Å². The van der Waals surface area contributed by atoms with Gasteiger partial charge >= 0.3 is 0 Å². The number of allylic oxidation sites excluding steroid dienone is 6. The molecule has 3 heteroatoms. The average Bonchev–Trinajstić information content (AvgIpc) is 2.88. The number of rotatable bonds is 8. The summed E-state index contributed by atoms with van der Waals surface area (Å²) in [5, 5.41) is 30.8. The molecule has 3 nitrogen and oxygen atoms in total. The molecule has 0 heterocycles. The molecule has 0 saturated carbocycles. The molecule has 0 spiro atoms. The molecule has 0 aromatic heterocycles. The van der Waals surface area contributed by atoms with Crippen LogP contribution in [0, 0.1) is 25.7 Å². The van der Waals surface area contributed by atoms with Crippen LogP contribution < -0.4 is 0 Å². The second kappa shape index (κ2) is 16.0. The highest BCUT2D eigenvalue weighted by molar-refractivity contribution is 5.51. The molecule has 3 N–H and O–H groups in total. The maximum Gasteiger partial charge on any atom is 0.123 e. The van der Waals surface area contributed by atoms with E-state index in [1.165, 1.54) is 40.3 Å². The molecule has 0 saturated heterocycles. The van der Waals surface area contributed by atoms with Crippen molar-refractivity contribution in [1.82, 2.24) is 0 Å². The van der Waals surface area contributed by atoms with Gasteiger partial charge in [-0.3, -0.25) is 0 Å². The van der Waals surface area contributed by atoms with Crippen LogP contribution in [0.15, 0.2) is 71.9 Å². The molecule has 4 atom stereocenters. The molecular formula is C40H58O3. The summed E-state index contributed by atoms with van der Waals surface area (Å²) in [4.78, 5) is 0. The topological polar surface area (TPSA) is 60.7 Å². The predicted octanol–water partition coefficient (Wildman–Crippen LogP) is 11.5. The van der Waals surface area contributed by atoms with E-state index in [0.717, 1.165) is 67.2 Å². The van der Waals surface area contributed by atoms with Crippen LogP contribution in [0.5, 0.6) is 17.2 Å². The molecular weight excluding hydrogens is 528 g/mol. The fraction of sp³-hybridized carbons (Fsp3) is 0.500. The number of hydrogen-bond donors (Lipinski definition) is 3. The second-order valence-corrected chi connectivity index (χ2v) is 13.1. The van der Waals surface area contributed by atoms with Crippen molar-refractivity contribution in [1.29, 1.82) is 0 Å². The SMILES string of the molecule is C.C=C(C)C1CCC(C)=CC1c1c(C)cc(C)cc1O.C=C(C)C1CCC(C)=CC1c1c(O)cc(O)cc1CCCCC. The molecule has 0 bridgehead atoms. The first-order chi connectivity index (χ1) is 19.8. The van der Waals surface area contributed by atoms with Gasteiger partial charge in [-0.1, -0.05) is 80.9 Å². The highest BCUT2D eigenvalue weighted by Gasteiger charge is 2.30. The van der Waals surface area contributed by atoms with Crippen LogP contribution in [0.3, 0.4) is 0 Å². The van der Waals surface area contributed by atoms with E-state index in [-0.39, 0.29) is 30.8 Å². The van der Waals surface area contributed by atoms with E-state index < -0.39 is 0 Å². The van der Waals surface area contributed by atoms with Crippen LogP contribution in [-0.4, -0.2) is 15.3 Å². The van der Waals surface area contributed by atoms with E-state index in [2.05, 4.69) is 72.9 Å². The van der Waals surface area contributed by atoms with Gasteiger partial charge < -0.3 is 15.3 Å². The molecule has 43 heavy (non-hydrogen) atoms. The van der Waals surface area contributed by atoms with Gasteiger partial charge in [0, 0.05) is 29.0 Å². The van der Waals surface area contributed by atoms with E-state index in [1.807, 2.05) is 19.1 Å². The van der Waals surface area contributed by atoms with E-state index in [0.29, 0.717) is 17.6 Å². The third-order valence-corrected chi connectivity index (χ3v) is 9.21. The highest BCUT2D eigenvalue weighted by Crippen LogP contribution is 2.46. The van der Waals surface area contributed by atoms with Gasteiger partial charge in [0.25, 0.3) is 0 Å². The summed E-state index contributed by atoms with van der Waals surface area (Å²) in [6, 6.07) is 7.34. The average molecular weight is 587 g/mol. The van der Waals surface area contributed by atoms with Crippen molar-refractivity contribution in [3.8, 4) is 17.2 Å². The number of unbranched alkanes of at least 4 members (excludes halogenated alkanes) is 2. The number of aryl methyl sites for hydroxylation is 3. The van der Waals surface area contributed by atoms with Crippen molar-refractivity contribution >= 4 is 0 Å². The minimum Gasteiger partial charge on any atom is -0.508 e. The van der Waals surface area contributed by atoms with Gasteiger partial charge in [0.2, 0.25) is 0 Å². The molecule has 2 aromatic rings. The van der Waals surface area contributed by atoms with Gasteiger partial charge in [0.1, 0.15) is 17.2 Å². The minimum absolute atomic E-state index is 0. The Bertz CT molecular complexity index is 1320. The van der Waals surface area contributed by atoms with Crippen LogP contribution >= 0.6 is 0 Å². The molecule has 0 amide bonds. The first-order valence-corrected chi connectivity index (χ1v) is 15.8. The van der Waals surface area contributed by atoms with Crippen LogP contribution in [0.2, 0.25) is 0 Å². The Balaban J connectivity index is 0.000000298. The fourth-order valence-corrected chi connectivity index (χ4v) is 7.04. The highest BCUT2D eigenvalue weighted by atomic mass is 16.3. The van der Waals surface area contributed by atoms with Gasteiger partial charge in [-0.15, -0.1) is 0 Å². The van der Waals surface area contributed by atoms with E-state index >= 15 is 0 Å². The van der Waals surface area contributed by atoms with Crippen molar-refractivity contribution in [3.05, 3.63) is 99.7 Å². The van der Waals surface area contributed by atoms with E-state index in [9.17, 15) is 15.3 Å². The van der Waals surface area contributed by atoms with E-state index in [1.54, 1.807) is 0 Å². The number of phenols is 3. The molecule has 2 aromatic carbocycles. The maximum absolute atomic E-state index is 10.5. The van der Waals surface area contributed by atoms with Gasteiger partial charge in [-0.05, 0) is 121 Å². The normalized spacial score (nSPS) is 21.5. The zero-order chi connectivity index (χ0) is 31.1. The molecule has 236 valence electrons. The first-order valence-electron chi connectivity index (χ1n) is 15.8. The Kier molecular flexibility index (Phi) is 13.4. The Morgan fingerprint density at radius 1 is 0.744 bits per heavy atom. The Morgan fingerprint density at radius 2 is 1.26 bits per heavy atom. The van der Waals surface area contributed by atoms with Crippen molar-refractivity contribution in [2.24, 2.45) is 11.8 Å². The Hall–Kier alpha value is -3.20. The second-order valence-electron chi connectivity index (χ2n) is 13.1. The fourth-order valence-electron chi connectivity index (χ4n) is 7.04. The molecule has 2 aliphatic carbocycles. The largest absolute Gasteiger partial charge is 0.508 e. The van der Waals surface area contributed by atoms with Gasteiger partial charge in [-0.25, -0.2) is 0 Å². The lowest BCUT2D eigenvalue weighted by Gasteiger charge is -2.32. The first kappa shape index (κ1) is 36.0.